The standard InChI is InChI=1S/C18H17N3O2S/c1-3-12-4-10-15(11-5-12)19-18-20-21(2)16(24-18)13-6-8-14(9-7-13)17(22)23/h4-11H,3H2,1-2H3,(H-,19,20,22,23)/p+1. The van der Waals surface area contributed by atoms with Crippen LogP contribution in [0.5, 0.6) is 0 Å². The van der Waals surface area contributed by atoms with Gasteiger partial charge in [0.1, 0.15) is 0 Å². The zero-order valence-electron chi connectivity index (χ0n) is 13.5. The van der Waals surface area contributed by atoms with E-state index in [0.29, 0.717) is 0 Å². The molecule has 122 valence electrons. The minimum atomic E-state index is -0.923. The molecule has 0 aliphatic heterocycles. The van der Waals surface area contributed by atoms with Gasteiger partial charge in [0.15, 0.2) is 7.05 Å². The van der Waals surface area contributed by atoms with E-state index >= 15 is 0 Å². The molecule has 3 rings (SSSR count). The Labute approximate surface area is 144 Å². The Hall–Kier alpha value is -2.73. The predicted octanol–water partition coefficient (Wildman–Crippen LogP) is 3.64. The first-order chi connectivity index (χ1) is 11.6. The van der Waals surface area contributed by atoms with Crippen LogP contribution in [0, 0.1) is 0 Å². The van der Waals surface area contributed by atoms with E-state index in [4.69, 9.17) is 5.11 Å². The van der Waals surface area contributed by atoms with Gasteiger partial charge < -0.3 is 10.4 Å². The lowest BCUT2D eigenvalue weighted by atomic mass is 10.1. The summed E-state index contributed by atoms with van der Waals surface area (Å²) in [4.78, 5) is 10.9. The van der Waals surface area contributed by atoms with Gasteiger partial charge >= 0.3 is 5.97 Å². The van der Waals surface area contributed by atoms with Gasteiger partial charge in [-0.05, 0) is 59.7 Å². The Morgan fingerprint density at radius 2 is 1.83 bits per heavy atom. The minimum Gasteiger partial charge on any atom is -0.478 e. The minimum absolute atomic E-state index is 0.278. The highest BCUT2D eigenvalue weighted by molar-refractivity contribution is 7.18. The van der Waals surface area contributed by atoms with Gasteiger partial charge in [0.2, 0.25) is 0 Å². The first-order valence-electron chi connectivity index (χ1n) is 7.63. The van der Waals surface area contributed by atoms with Crippen LogP contribution in [0.2, 0.25) is 0 Å². The van der Waals surface area contributed by atoms with Crippen LogP contribution in [0.15, 0.2) is 48.5 Å². The van der Waals surface area contributed by atoms with E-state index in [1.807, 2.05) is 19.2 Å². The summed E-state index contributed by atoms with van der Waals surface area (Å²) >= 11 is 1.52. The van der Waals surface area contributed by atoms with Crippen molar-refractivity contribution in [1.82, 2.24) is 5.10 Å². The molecule has 0 aliphatic rings. The second-order valence-electron chi connectivity index (χ2n) is 5.39. The highest BCUT2D eigenvalue weighted by Gasteiger charge is 2.18. The number of aromatic nitrogens is 2. The van der Waals surface area contributed by atoms with Crippen molar-refractivity contribution in [3.05, 3.63) is 59.7 Å². The molecule has 0 fully saturated rings. The molecular formula is C18H18N3O2S+. The molecule has 24 heavy (non-hydrogen) atoms. The molecule has 0 radical (unpaired) electrons. The van der Waals surface area contributed by atoms with Gasteiger partial charge in [0.25, 0.3) is 10.1 Å². The number of rotatable bonds is 5. The zero-order chi connectivity index (χ0) is 17.1. The number of hydrogen-bond donors (Lipinski definition) is 2. The quantitative estimate of drug-likeness (QED) is 0.696. The Balaban J connectivity index is 1.82. The van der Waals surface area contributed by atoms with Crippen LogP contribution in [0.3, 0.4) is 0 Å². The lowest BCUT2D eigenvalue weighted by Crippen LogP contribution is -2.31. The Kier molecular flexibility index (Phi) is 4.57. The molecular weight excluding hydrogens is 322 g/mol. The molecule has 2 aromatic carbocycles. The van der Waals surface area contributed by atoms with Crippen molar-refractivity contribution in [2.45, 2.75) is 13.3 Å². The molecule has 1 heterocycles. The summed E-state index contributed by atoms with van der Waals surface area (Å²) in [5.41, 5.74) is 3.51. The topological polar surface area (TPSA) is 66.1 Å². The maximum absolute atomic E-state index is 10.9. The van der Waals surface area contributed by atoms with Crippen LogP contribution in [-0.2, 0) is 13.5 Å². The molecule has 0 saturated carbocycles. The van der Waals surface area contributed by atoms with Crippen LogP contribution in [0.25, 0.3) is 10.6 Å². The smallest absolute Gasteiger partial charge is 0.335 e. The molecule has 0 aliphatic carbocycles. The SMILES string of the molecule is CCc1ccc(Nc2n[n+](C)c(-c3ccc(C(=O)O)cc3)s2)cc1. The number of nitrogens with zero attached hydrogens (tertiary/aromatic N) is 2. The molecule has 5 nitrogen and oxygen atoms in total. The highest BCUT2D eigenvalue weighted by Crippen LogP contribution is 2.27. The van der Waals surface area contributed by atoms with Crippen molar-refractivity contribution in [1.29, 1.82) is 0 Å². The van der Waals surface area contributed by atoms with Crippen molar-refractivity contribution >= 4 is 28.1 Å². The van der Waals surface area contributed by atoms with Crippen LogP contribution >= 0.6 is 11.3 Å². The van der Waals surface area contributed by atoms with Crippen molar-refractivity contribution in [2.24, 2.45) is 7.05 Å². The first-order valence-corrected chi connectivity index (χ1v) is 8.45. The lowest BCUT2D eigenvalue weighted by Gasteiger charge is -2.01. The molecule has 0 atom stereocenters. The third-order valence-electron chi connectivity index (χ3n) is 3.72. The van der Waals surface area contributed by atoms with Crippen molar-refractivity contribution < 1.29 is 14.6 Å². The molecule has 2 N–H and O–H groups in total. The van der Waals surface area contributed by atoms with Gasteiger partial charge in [-0.2, -0.15) is 0 Å². The van der Waals surface area contributed by atoms with Gasteiger partial charge in [-0.15, -0.1) is 0 Å². The Morgan fingerprint density at radius 1 is 1.17 bits per heavy atom. The maximum atomic E-state index is 10.9. The normalized spacial score (nSPS) is 10.6. The van der Waals surface area contributed by atoms with Gasteiger partial charge in [-0.1, -0.05) is 23.7 Å². The van der Waals surface area contributed by atoms with Crippen molar-refractivity contribution in [3.8, 4) is 10.6 Å². The van der Waals surface area contributed by atoms with Crippen LogP contribution < -0.4 is 10.00 Å². The fraction of sp³-hybridized carbons (Fsp3) is 0.167. The number of aryl methyl sites for hydroxylation is 2. The van der Waals surface area contributed by atoms with E-state index < -0.39 is 5.97 Å². The van der Waals surface area contributed by atoms with E-state index in [2.05, 4.69) is 29.5 Å². The monoisotopic (exact) mass is 340 g/mol. The van der Waals surface area contributed by atoms with E-state index in [1.54, 1.807) is 28.9 Å². The highest BCUT2D eigenvalue weighted by atomic mass is 32.1. The molecule has 0 unspecified atom stereocenters. The molecule has 0 spiro atoms. The molecule has 0 bridgehead atoms. The molecule has 3 aromatic rings. The number of nitrogens with one attached hydrogen (secondary N) is 1. The average molecular weight is 340 g/mol. The number of aromatic carboxylic acids is 1. The molecule has 0 amide bonds. The van der Waals surface area contributed by atoms with Gasteiger partial charge in [-0.3, -0.25) is 0 Å². The summed E-state index contributed by atoms with van der Waals surface area (Å²) in [6.45, 7) is 2.13. The second kappa shape index (κ2) is 6.80. The number of benzene rings is 2. The van der Waals surface area contributed by atoms with Crippen molar-refractivity contribution in [2.75, 3.05) is 5.32 Å². The number of carbonyl (C=O) groups is 1. The predicted molar refractivity (Wildman–Crippen MR) is 94.8 cm³/mol. The Bertz CT molecular complexity index is 855. The third-order valence-corrected chi connectivity index (χ3v) is 4.79. The molecule has 1 aromatic heterocycles. The van der Waals surface area contributed by atoms with Gasteiger partial charge in [0.05, 0.1) is 11.1 Å². The van der Waals surface area contributed by atoms with E-state index in [9.17, 15) is 4.79 Å². The summed E-state index contributed by atoms with van der Waals surface area (Å²) in [7, 11) is 1.88. The fourth-order valence-corrected chi connectivity index (χ4v) is 3.30. The Morgan fingerprint density at radius 3 is 2.42 bits per heavy atom. The summed E-state index contributed by atoms with van der Waals surface area (Å²) in [5, 5.41) is 18.5. The van der Waals surface area contributed by atoms with Gasteiger partial charge in [0, 0.05) is 10.8 Å². The maximum Gasteiger partial charge on any atom is 0.335 e. The van der Waals surface area contributed by atoms with E-state index in [1.165, 1.54) is 16.9 Å². The largest absolute Gasteiger partial charge is 0.478 e. The fourth-order valence-electron chi connectivity index (χ4n) is 2.36. The van der Waals surface area contributed by atoms with Crippen LogP contribution in [-0.4, -0.2) is 16.2 Å². The van der Waals surface area contributed by atoms with Crippen molar-refractivity contribution in [3.63, 3.8) is 0 Å². The zero-order valence-corrected chi connectivity index (χ0v) is 14.3. The third kappa shape index (κ3) is 3.44. The molecule has 0 saturated heterocycles. The summed E-state index contributed by atoms with van der Waals surface area (Å²) in [6.07, 6.45) is 1.02. The summed E-state index contributed by atoms with van der Waals surface area (Å²) < 4.78 is 1.79. The van der Waals surface area contributed by atoms with Crippen LogP contribution in [0.4, 0.5) is 10.8 Å². The first kappa shape index (κ1) is 16.1. The summed E-state index contributed by atoms with van der Waals surface area (Å²) in [6, 6.07) is 15.1. The average Bonchev–Trinajstić information content (AvgIpc) is 2.96. The van der Waals surface area contributed by atoms with Gasteiger partial charge in [-0.25, -0.2) is 4.79 Å². The van der Waals surface area contributed by atoms with E-state index in [0.717, 1.165) is 27.8 Å². The number of carboxylic acids is 1. The molecule has 6 heteroatoms. The van der Waals surface area contributed by atoms with E-state index in [-0.39, 0.29) is 5.56 Å². The number of carboxylic acid groups (broad SMARTS) is 1. The summed E-state index contributed by atoms with van der Waals surface area (Å²) in [5.74, 6) is -0.923. The number of hydrogen-bond acceptors (Lipinski definition) is 4. The number of anilines is 2. The van der Waals surface area contributed by atoms with Crippen LogP contribution in [0.1, 0.15) is 22.8 Å². The second-order valence-corrected chi connectivity index (χ2v) is 6.37. The lowest BCUT2D eigenvalue weighted by molar-refractivity contribution is -0.714.